The molecule has 0 aromatic heterocycles. The van der Waals surface area contributed by atoms with Gasteiger partial charge in [0, 0.05) is 0 Å². The predicted molar refractivity (Wildman–Crippen MR) is 43.7 cm³/mol. The molecule has 0 saturated carbocycles. The van der Waals surface area contributed by atoms with Crippen LogP contribution in [0.5, 0.6) is 0 Å². The van der Waals surface area contributed by atoms with E-state index < -0.39 is 0 Å². The van der Waals surface area contributed by atoms with Crippen LogP contribution in [0.2, 0.25) is 0 Å². The van der Waals surface area contributed by atoms with Crippen LogP contribution in [0.1, 0.15) is 12.8 Å². The summed E-state index contributed by atoms with van der Waals surface area (Å²) in [5.74, 6) is 0.662. The summed E-state index contributed by atoms with van der Waals surface area (Å²) < 4.78 is 0. The highest BCUT2D eigenvalue weighted by Crippen LogP contribution is 2.21. The first-order valence-corrected chi connectivity index (χ1v) is 3.84. The summed E-state index contributed by atoms with van der Waals surface area (Å²) in [7, 11) is 0. The van der Waals surface area contributed by atoms with Crippen LogP contribution in [-0.2, 0) is 0 Å². The van der Waals surface area contributed by atoms with Crippen molar-refractivity contribution >= 4 is 12.6 Å². The van der Waals surface area contributed by atoms with E-state index in [1.54, 1.807) is 0 Å². The molecule has 0 aromatic rings. The van der Waals surface area contributed by atoms with E-state index in [2.05, 4.69) is 24.5 Å². The van der Waals surface area contributed by atoms with Crippen LogP contribution in [0, 0.1) is 5.92 Å². The van der Waals surface area contributed by atoms with Crippen LogP contribution in [0.4, 0.5) is 0 Å². The van der Waals surface area contributed by atoms with Gasteiger partial charge in [-0.1, -0.05) is 6.58 Å². The molecule has 0 spiro atoms. The Kier molecular flexibility index (Phi) is 2.61. The van der Waals surface area contributed by atoms with Gasteiger partial charge in [0.05, 0.1) is 0 Å². The summed E-state index contributed by atoms with van der Waals surface area (Å²) in [6.07, 6.45) is 2.42. The van der Waals surface area contributed by atoms with Crippen molar-refractivity contribution in [1.82, 2.24) is 5.32 Å². The number of thiol groups is 1. The molecule has 1 nitrogen and oxygen atoms in total. The lowest BCUT2D eigenvalue weighted by molar-refractivity contribution is 0.433. The van der Waals surface area contributed by atoms with Crippen molar-refractivity contribution in [3.05, 3.63) is 11.5 Å². The summed E-state index contributed by atoms with van der Waals surface area (Å²) in [6.45, 7) is 6.07. The Morgan fingerprint density at radius 2 is 2.00 bits per heavy atom. The van der Waals surface area contributed by atoms with Gasteiger partial charge in [0.1, 0.15) is 0 Å². The normalized spacial score (nSPS) is 21.9. The Morgan fingerprint density at radius 3 is 2.33 bits per heavy atom. The fraction of sp³-hybridized carbons (Fsp3) is 0.714. The van der Waals surface area contributed by atoms with Crippen molar-refractivity contribution in [2.24, 2.45) is 5.92 Å². The highest BCUT2D eigenvalue weighted by atomic mass is 32.1. The van der Waals surface area contributed by atoms with Crippen LogP contribution >= 0.6 is 12.6 Å². The van der Waals surface area contributed by atoms with Crippen molar-refractivity contribution in [2.45, 2.75) is 12.8 Å². The average molecular weight is 143 g/mol. The number of allylic oxidation sites excluding steroid dienone is 1. The molecule has 1 aliphatic heterocycles. The Hall–Kier alpha value is 0.0500. The first-order valence-electron chi connectivity index (χ1n) is 3.39. The minimum absolute atomic E-state index is 0.662. The first kappa shape index (κ1) is 7.16. The predicted octanol–water partition coefficient (Wildman–Crippen LogP) is 1.43. The maximum Gasteiger partial charge on any atom is -0.00429 e. The lowest BCUT2D eigenvalue weighted by Gasteiger charge is -2.21. The summed E-state index contributed by atoms with van der Waals surface area (Å²) in [5.41, 5.74) is 0. The lowest BCUT2D eigenvalue weighted by Crippen LogP contribution is -2.27. The maximum atomic E-state index is 4.22. The molecule has 1 N–H and O–H groups in total. The molecule has 0 bridgehead atoms. The molecular weight excluding hydrogens is 130 g/mol. The number of rotatable bonds is 1. The van der Waals surface area contributed by atoms with Gasteiger partial charge in [-0.25, -0.2) is 0 Å². The van der Waals surface area contributed by atoms with E-state index in [-0.39, 0.29) is 0 Å². The maximum absolute atomic E-state index is 4.22. The van der Waals surface area contributed by atoms with Crippen molar-refractivity contribution in [2.75, 3.05) is 13.1 Å². The molecule has 1 rings (SSSR count). The van der Waals surface area contributed by atoms with Crippen LogP contribution in [-0.4, -0.2) is 13.1 Å². The molecule has 0 unspecified atom stereocenters. The van der Waals surface area contributed by atoms with E-state index in [9.17, 15) is 0 Å². The minimum Gasteiger partial charge on any atom is -0.317 e. The van der Waals surface area contributed by atoms with Gasteiger partial charge in [-0.05, 0) is 36.8 Å². The van der Waals surface area contributed by atoms with Gasteiger partial charge < -0.3 is 5.32 Å². The molecular formula is C7H13NS. The van der Waals surface area contributed by atoms with Gasteiger partial charge in [-0.2, -0.15) is 0 Å². The van der Waals surface area contributed by atoms with E-state index >= 15 is 0 Å². The Labute approximate surface area is 61.9 Å². The fourth-order valence-electron chi connectivity index (χ4n) is 1.16. The Balaban J connectivity index is 2.31. The molecule has 1 heterocycles. The zero-order valence-electron chi connectivity index (χ0n) is 5.56. The van der Waals surface area contributed by atoms with Crippen molar-refractivity contribution in [1.29, 1.82) is 0 Å². The molecule has 0 amide bonds. The van der Waals surface area contributed by atoms with Crippen molar-refractivity contribution < 1.29 is 0 Å². The molecule has 1 fully saturated rings. The third-order valence-electron chi connectivity index (χ3n) is 1.81. The highest BCUT2D eigenvalue weighted by Gasteiger charge is 2.12. The second-order valence-electron chi connectivity index (χ2n) is 2.52. The standard InChI is InChI=1S/C7H13NS/c1-6(9)7-2-4-8-5-3-7/h7-9H,1-5H2. The topological polar surface area (TPSA) is 12.0 Å². The van der Waals surface area contributed by atoms with E-state index in [0.717, 1.165) is 18.0 Å². The first-order chi connectivity index (χ1) is 4.30. The largest absolute Gasteiger partial charge is 0.317 e. The molecule has 52 valence electrons. The average Bonchev–Trinajstić information content (AvgIpc) is 1.90. The molecule has 0 atom stereocenters. The van der Waals surface area contributed by atoms with E-state index in [0.29, 0.717) is 5.92 Å². The van der Waals surface area contributed by atoms with Gasteiger partial charge in [0.2, 0.25) is 0 Å². The van der Waals surface area contributed by atoms with Crippen LogP contribution < -0.4 is 5.32 Å². The third-order valence-corrected chi connectivity index (χ3v) is 2.18. The van der Waals surface area contributed by atoms with Gasteiger partial charge in [0.15, 0.2) is 0 Å². The summed E-state index contributed by atoms with van der Waals surface area (Å²) in [4.78, 5) is 1.05. The quantitative estimate of drug-likeness (QED) is 0.529. The fourth-order valence-corrected chi connectivity index (χ4v) is 1.41. The molecule has 0 radical (unpaired) electrons. The van der Waals surface area contributed by atoms with E-state index in [1.807, 2.05) is 0 Å². The van der Waals surface area contributed by atoms with Gasteiger partial charge in [0.25, 0.3) is 0 Å². The molecule has 1 saturated heterocycles. The molecule has 9 heavy (non-hydrogen) atoms. The molecule has 0 aliphatic carbocycles. The van der Waals surface area contributed by atoms with Gasteiger partial charge >= 0.3 is 0 Å². The number of hydrogen-bond donors (Lipinski definition) is 2. The number of hydrogen-bond acceptors (Lipinski definition) is 2. The number of piperidine rings is 1. The van der Waals surface area contributed by atoms with Crippen LogP contribution in [0.3, 0.4) is 0 Å². The lowest BCUT2D eigenvalue weighted by atomic mass is 9.98. The minimum atomic E-state index is 0.662. The van der Waals surface area contributed by atoms with E-state index in [1.165, 1.54) is 12.8 Å². The molecule has 1 aliphatic rings. The smallest absolute Gasteiger partial charge is 0.00429 e. The van der Waals surface area contributed by atoms with Crippen LogP contribution in [0.15, 0.2) is 11.5 Å². The number of nitrogens with one attached hydrogen (secondary N) is 1. The monoisotopic (exact) mass is 143 g/mol. The zero-order valence-corrected chi connectivity index (χ0v) is 6.45. The second kappa shape index (κ2) is 3.28. The Bertz CT molecular complexity index is 105. The third kappa shape index (κ3) is 2.03. The van der Waals surface area contributed by atoms with Crippen molar-refractivity contribution in [3.63, 3.8) is 0 Å². The van der Waals surface area contributed by atoms with Crippen molar-refractivity contribution in [3.8, 4) is 0 Å². The van der Waals surface area contributed by atoms with E-state index in [4.69, 9.17) is 0 Å². The van der Waals surface area contributed by atoms with Gasteiger partial charge in [-0.15, -0.1) is 12.6 Å². The SMILES string of the molecule is C=C(S)C1CCNCC1. The Morgan fingerprint density at radius 1 is 1.44 bits per heavy atom. The molecule has 2 heteroatoms. The summed E-state index contributed by atoms with van der Waals surface area (Å²) >= 11 is 4.22. The summed E-state index contributed by atoms with van der Waals surface area (Å²) in [6, 6.07) is 0. The van der Waals surface area contributed by atoms with Gasteiger partial charge in [-0.3, -0.25) is 0 Å². The highest BCUT2D eigenvalue weighted by molar-refractivity contribution is 7.84. The second-order valence-corrected chi connectivity index (χ2v) is 3.09. The molecule has 0 aromatic carbocycles. The van der Waals surface area contributed by atoms with Crippen LogP contribution in [0.25, 0.3) is 0 Å². The summed E-state index contributed by atoms with van der Waals surface area (Å²) in [5, 5.41) is 3.29. The zero-order chi connectivity index (χ0) is 6.69.